The van der Waals surface area contributed by atoms with Crippen LogP contribution in [0.4, 0.5) is 8.78 Å². The number of hydrogen-bond donors (Lipinski definition) is 2. The first-order valence-corrected chi connectivity index (χ1v) is 11.6. The topological polar surface area (TPSA) is 136 Å². The molecule has 4 rings (SSSR count). The van der Waals surface area contributed by atoms with Crippen LogP contribution in [-0.4, -0.2) is 68.5 Å². The number of esters is 2. The van der Waals surface area contributed by atoms with E-state index in [0.29, 0.717) is 12.8 Å². The molecule has 1 saturated carbocycles. The first kappa shape index (κ1) is 20.6. The van der Waals surface area contributed by atoms with Crippen molar-refractivity contribution in [1.82, 2.24) is 0 Å². The lowest BCUT2D eigenvalue weighted by Gasteiger charge is -2.36. The van der Waals surface area contributed by atoms with Gasteiger partial charge in [-0.2, -0.15) is 17.2 Å². The Morgan fingerprint density at radius 1 is 1.29 bits per heavy atom. The Morgan fingerprint density at radius 2 is 1.93 bits per heavy atom. The van der Waals surface area contributed by atoms with E-state index in [0.717, 1.165) is 0 Å². The van der Waals surface area contributed by atoms with Crippen LogP contribution in [-0.2, 0) is 33.9 Å². The van der Waals surface area contributed by atoms with E-state index in [9.17, 15) is 31.9 Å². The molecular formula is C14H16F2O9S3. The van der Waals surface area contributed by atoms with Crippen molar-refractivity contribution in [1.29, 1.82) is 0 Å². The smallest absolute Gasteiger partial charge is 0.457 e. The predicted molar refractivity (Wildman–Crippen MR) is 90.8 cm³/mol. The van der Waals surface area contributed by atoms with E-state index in [-0.39, 0.29) is 27.6 Å². The Hall–Kier alpha value is -0.670. The van der Waals surface area contributed by atoms with Crippen molar-refractivity contribution in [3.05, 3.63) is 0 Å². The quantitative estimate of drug-likeness (QED) is 0.453. The molecule has 4 aliphatic rings. The van der Waals surface area contributed by atoms with E-state index in [4.69, 9.17) is 14.0 Å². The largest absolute Gasteiger partial charge is 0.465 e. The molecule has 3 saturated heterocycles. The highest BCUT2D eigenvalue weighted by atomic mass is 32.2. The maximum atomic E-state index is 13.3. The van der Waals surface area contributed by atoms with Gasteiger partial charge in [-0.15, -0.1) is 23.5 Å². The number of aliphatic hydroxyl groups excluding tert-OH is 1. The fraction of sp³-hybridized carbons (Fsp3) is 0.857. The fourth-order valence-corrected chi connectivity index (χ4v) is 8.24. The van der Waals surface area contributed by atoms with Gasteiger partial charge in [-0.1, -0.05) is 0 Å². The van der Waals surface area contributed by atoms with E-state index >= 15 is 0 Å². The third-order valence-corrected chi connectivity index (χ3v) is 9.96. The highest BCUT2D eigenvalue weighted by Gasteiger charge is 2.64. The predicted octanol–water partition coefficient (Wildman–Crippen LogP) is 0.714. The van der Waals surface area contributed by atoms with Crippen LogP contribution in [0.15, 0.2) is 0 Å². The molecule has 0 aromatic heterocycles. The number of alkyl halides is 2. The zero-order chi connectivity index (χ0) is 20.5. The number of hydrogen-bond acceptors (Lipinski definition) is 10. The van der Waals surface area contributed by atoms with Crippen LogP contribution in [0.3, 0.4) is 0 Å². The summed E-state index contributed by atoms with van der Waals surface area (Å²) >= 11 is 3.01. The second-order valence-electron chi connectivity index (χ2n) is 7.03. The van der Waals surface area contributed by atoms with Crippen molar-refractivity contribution in [3.63, 3.8) is 0 Å². The molecule has 28 heavy (non-hydrogen) atoms. The van der Waals surface area contributed by atoms with Crippen LogP contribution in [0.2, 0.25) is 0 Å². The molecule has 3 aliphatic heterocycles. The molecule has 2 N–H and O–H groups in total. The molecule has 1 aliphatic carbocycles. The molecule has 5 unspecified atom stereocenters. The van der Waals surface area contributed by atoms with Crippen molar-refractivity contribution in [2.75, 3.05) is 0 Å². The minimum atomic E-state index is -5.90. The number of fused-ring (bicyclic) bond motifs is 3. The molecule has 9 nitrogen and oxygen atoms in total. The second-order valence-corrected chi connectivity index (χ2v) is 11.8. The number of carbonyl (C=O) groups is 2. The van der Waals surface area contributed by atoms with Crippen molar-refractivity contribution < 1.29 is 50.7 Å². The summed E-state index contributed by atoms with van der Waals surface area (Å²) in [6.45, 7) is 0. The number of cyclic esters (lactones) is 1. The van der Waals surface area contributed by atoms with Gasteiger partial charge in [0, 0.05) is 0 Å². The molecule has 0 radical (unpaired) electrons. The Kier molecular flexibility index (Phi) is 4.91. The van der Waals surface area contributed by atoms with Crippen LogP contribution >= 0.6 is 23.5 Å². The van der Waals surface area contributed by atoms with Gasteiger partial charge in [-0.25, -0.2) is 4.79 Å². The maximum absolute atomic E-state index is 13.3. The zero-order valence-corrected chi connectivity index (χ0v) is 16.5. The summed E-state index contributed by atoms with van der Waals surface area (Å²) in [6.07, 6.45) is -1.52. The van der Waals surface area contributed by atoms with Gasteiger partial charge in [0.25, 0.3) is 0 Å². The van der Waals surface area contributed by atoms with Crippen LogP contribution in [0.25, 0.3) is 0 Å². The maximum Gasteiger partial charge on any atom is 0.465 e. The average Bonchev–Trinajstić information content (AvgIpc) is 3.18. The minimum absolute atomic E-state index is 0.206. The first-order valence-electron chi connectivity index (χ1n) is 8.39. The fourth-order valence-electron chi connectivity index (χ4n) is 3.87. The molecular weight excluding hydrogens is 446 g/mol. The minimum Gasteiger partial charge on any atom is -0.457 e. The first-order chi connectivity index (χ1) is 12.9. The normalized spacial score (nSPS) is 42.9. The average molecular weight is 462 g/mol. The molecule has 0 amide bonds. The summed E-state index contributed by atoms with van der Waals surface area (Å²) in [6, 6.07) is 0. The number of rotatable bonds is 3. The molecule has 0 aromatic rings. The van der Waals surface area contributed by atoms with Gasteiger partial charge in [0.1, 0.15) is 23.6 Å². The highest BCUT2D eigenvalue weighted by molar-refractivity contribution is 8.22. The van der Waals surface area contributed by atoms with Gasteiger partial charge in [0.2, 0.25) is 6.29 Å². The number of ether oxygens (including phenoxy) is 3. The summed E-state index contributed by atoms with van der Waals surface area (Å²) in [7, 11) is -5.90. The van der Waals surface area contributed by atoms with E-state index in [1.54, 1.807) is 0 Å². The molecule has 158 valence electrons. The summed E-state index contributed by atoms with van der Waals surface area (Å²) in [5.74, 6) is -3.38. The molecule has 0 bridgehead atoms. The summed E-state index contributed by atoms with van der Waals surface area (Å²) in [4.78, 5) is 23.4. The van der Waals surface area contributed by atoms with E-state index in [1.165, 1.54) is 23.5 Å². The number of aliphatic hydroxyl groups is 1. The Morgan fingerprint density at radius 3 is 2.54 bits per heavy atom. The van der Waals surface area contributed by atoms with Crippen LogP contribution in [0, 0.1) is 5.92 Å². The summed E-state index contributed by atoms with van der Waals surface area (Å²) < 4.78 is 71.1. The number of halogens is 2. The lowest BCUT2D eigenvalue weighted by molar-refractivity contribution is -0.168. The lowest BCUT2D eigenvalue weighted by atomic mass is 9.96. The van der Waals surface area contributed by atoms with E-state index < -0.39 is 51.7 Å². The number of carbonyl (C=O) groups excluding carboxylic acids is 2. The Labute approximate surface area is 166 Å². The molecule has 3 heterocycles. The van der Waals surface area contributed by atoms with Crippen molar-refractivity contribution in [3.8, 4) is 0 Å². The van der Waals surface area contributed by atoms with Crippen LogP contribution in [0.1, 0.15) is 25.7 Å². The highest BCUT2D eigenvalue weighted by Crippen LogP contribution is 2.64. The Bertz CT molecular complexity index is 796. The SMILES string of the molecule is O=C1OC(O)C2OC3SC4(CCC(OC(=O)C(F)(F)S(=O)(=O)O)CC4)SC3C12. The molecule has 0 aromatic carbocycles. The third-order valence-electron chi connectivity index (χ3n) is 5.27. The van der Waals surface area contributed by atoms with Crippen LogP contribution in [0.5, 0.6) is 0 Å². The lowest BCUT2D eigenvalue weighted by Crippen LogP contribution is -2.42. The molecule has 4 fully saturated rings. The van der Waals surface area contributed by atoms with Crippen molar-refractivity contribution in [2.45, 2.75) is 64.2 Å². The van der Waals surface area contributed by atoms with Gasteiger partial charge in [0.15, 0.2) is 0 Å². The van der Waals surface area contributed by atoms with Gasteiger partial charge < -0.3 is 19.3 Å². The second kappa shape index (κ2) is 6.67. The third kappa shape index (κ3) is 3.21. The van der Waals surface area contributed by atoms with E-state index in [1.807, 2.05) is 0 Å². The van der Waals surface area contributed by atoms with Gasteiger partial charge in [-0.05, 0) is 25.7 Å². The summed E-state index contributed by atoms with van der Waals surface area (Å²) in [5.41, 5.74) is -0.314. The standard InChI is InChI=1S/C14H16F2O9S3/c15-14(16,28(20,21)22)12(19)23-5-1-3-13(4-2-5)26-8-6-7(24-11(8)27-13)10(18)25-9(6)17/h5-8,10-11,18H,1-4H2,(H,20,21,22). The van der Waals surface area contributed by atoms with E-state index in [2.05, 4.69) is 4.74 Å². The number of thioether (sulfide) groups is 2. The molecule has 5 atom stereocenters. The molecule has 1 spiro atoms. The monoisotopic (exact) mass is 462 g/mol. The van der Waals surface area contributed by atoms with Gasteiger partial charge >= 0.3 is 27.3 Å². The zero-order valence-electron chi connectivity index (χ0n) is 14.0. The Balaban J connectivity index is 1.36. The van der Waals surface area contributed by atoms with Crippen molar-refractivity contribution >= 4 is 45.6 Å². The van der Waals surface area contributed by atoms with Crippen LogP contribution < -0.4 is 0 Å². The van der Waals surface area contributed by atoms with Gasteiger partial charge in [0.05, 0.1) is 9.33 Å². The summed E-state index contributed by atoms with van der Waals surface area (Å²) in [5, 5.41) is 4.49. The molecule has 14 heteroatoms. The van der Waals surface area contributed by atoms with Crippen molar-refractivity contribution in [2.24, 2.45) is 5.92 Å². The van der Waals surface area contributed by atoms with Gasteiger partial charge in [-0.3, -0.25) is 9.35 Å².